The van der Waals surface area contributed by atoms with Gasteiger partial charge in [0, 0.05) is 22.0 Å². The zero-order chi connectivity index (χ0) is 12.0. The number of hydrogen-bond donors (Lipinski definition) is 1. The predicted molar refractivity (Wildman–Crippen MR) is 63.5 cm³/mol. The average Bonchev–Trinajstić information content (AvgIpc) is 2.51. The highest BCUT2D eigenvalue weighted by atomic mass is 32.2. The normalized spacial score (nSPS) is 42.2. The van der Waals surface area contributed by atoms with Crippen molar-refractivity contribution >= 4 is 17.1 Å². The molecule has 0 radical (unpaired) electrons. The average molecular weight is 244 g/mol. The van der Waals surface area contributed by atoms with E-state index in [2.05, 4.69) is 13.8 Å². The lowest BCUT2D eigenvalue weighted by molar-refractivity contribution is -0.105. The number of carbonyl (C=O) groups is 1. The molecule has 92 valence electrons. The molecule has 0 aromatic carbocycles. The van der Waals surface area contributed by atoms with Gasteiger partial charge in [-0.25, -0.2) is 0 Å². The third-order valence-electron chi connectivity index (χ3n) is 5.06. The van der Waals surface area contributed by atoms with E-state index >= 15 is 0 Å². The lowest BCUT2D eigenvalue weighted by Crippen LogP contribution is -2.43. The number of aldehydes is 1. The maximum atomic E-state index is 11.8. The summed E-state index contributed by atoms with van der Waals surface area (Å²) < 4.78 is 11.8. The first-order valence-electron chi connectivity index (χ1n) is 5.91. The lowest BCUT2D eigenvalue weighted by atomic mass is 9.70. The summed E-state index contributed by atoms with van der Waals surface area (Å²) in [4.78, 5) is 10.4. The Morgan fingerprint density at radius 2 is 2.19 bits per heavy atom. The molecular weight excluding hydrogens is 224 g/mol. The fraction of sp³-hybridized carbons (Fsp3) is 0.917. The molecule has 0 aromatic rings. The Kier molecular flexibility index (Phi) is 2.99. The minimum Gasteiger partial charge on any atom is -0.392 e. The first-order chi connectivity index (χ1) is 7.44. The highest BCUT2D eigenvalue weighted by molar-refractivity contribution is 7.85. The molecule has 2 saturated carbocycles. The summed E-state index contributed by atoms with van der Waals surface area (Å²) in [6, 6.07) is 0. The molecule has 0 heterocycles. The Labute approximate surface area is 99.1 Å². The van der Waals surface area contributed by atoms with Crippen molar-refractivity contribution in [3.63, 3.8) is 0 Å². The van der Waals surface area contributed by atoms with Gasteiger partial charge in [0.2, 0.25) is 0 Å². The minimum atomic E-state index is -1.12. The molecular formula is C12H20O3S. The van der Waals surface area contributed by atoms with Gasteiger partial charge >= 0.3 is 0 Å². The summed E-state index contributed by atoms with van der Waals surface area (Å²) in [7, 11) is -1.12. The van der Waals surface area contributed by atoms with Crippen LogP contribution in [0, 0.1) is 16.7 Å². The maximum absolute atomic E-state index is 11.8. The van der Waals surface area contributed by atoms with E-state index < -0.39 is 10.8 Å². The van der Waals surface area contributed by atoms with E-state index in [9.17, 15) is 14.1 Å². The Morgan fingerprint density at radius 3 is 2.62 bits per heavy atom. The highest BCUT2D eigenvalue weighted by Gasteiger charge is 2.63. The monoisotopic (exact) mass is 244 g/mol. The van der Waals surface area contributed by atoms with Gasteiger partial charge in [-0.05, 0) is 30.6 Å². The lowest BCUT2D eigenvalue weighted by Gasteiger charge is -2.40. The fourth-order valence-corrected chi connectivity index (χ4v) is 5.35. The molecule has 2 fully saturated rings. The summed E-state index contributed by atoms with van der Waals surface area (Å²) >= 11 is 0. The third kappa shape index (κ3) is 1.50. The van der Waals surface area contributed by atoms with Gasteiger partial charge in [0.15, 0.2) is 0 Å². The van der Waals surface area contributed by atoms with Gasteiger partial charge in [-0.15, -0.1) is 0 Å². The molecule has 4 heteroatoms. The molecule has 2 aliphatic rings. The Bertz CT molecular complexity index is 326. The molecule has 0 saturated heterocycles. The van der Waals surface area contributed by atoms with Gasteiger partial charge in [-0.2, -0.15) is 0 Å². The Morgan fingerprint density at radius 1 is 1.50 bits per heavy atom. The van der Waals surface area contributed by atoms with Crippen LogP contribution in [-0.4, -0.2) is 33.2 Å². The van der Waals surface area contributed by atoms with Crippen LogP contribution in [0.15, 0.2) is 0 Å². The van der Waals surface area contributed by atoms with Crippen LogP contribution in [0.25, 0.3) is 0 Å². The molecule has 0 unspecified atom stereocenters. The van der Waals surface area contributed by atoms with E-state index in [1.165, 1.54) is 0 Å². The molecule has 2 bridgehead atoms. The van der Waals surface area contributed by atoms with Crippen molar-refractivity contribution in [3.8, 4) is 0 Å². The second-order valence-corrected chi connectivity index (χ2v) is 7.28. The summed E-state index contributed by atoms with van der Waals surface area (Å²) in [6.45, 7) is 4.36. The van der Waals surface area contributed by atoms with Crippen LogP contribution in [-0.2, 0) is 15.6 Å². The maximum Gasteiger partial charge on any atom is 0.132 e. The fourth-order valence-electron chi connectivity index (χ4n) is 3.80. The summed E-state index contributed by atoms with van der Waals surface area (Å²) in [5, 5.41) is 10.2. The first-order valence-corrected chi connectivity index (χ1v) is 7.39. The summed E-state index contributed by atoms with van der Waals surface area (Å²) in [5.41, 5.74) is -0.156. The third-order valence-corrected chi connectivity index (χ3v) is 6.41. The molecule has 16 heavy (non-hydrogen) atoms. The zero-order valence-electron chi connectivity index (χ0n) is 9.94. The van der Waals surface area contributed by atoms with Crippen molar-refractivity contribution in [1.82, 2.24) is 0 Å². The smallest absolute Gasteiger partial charge is 0.132 e. The van der Waals surface area contributed by atoms with E-state index in [1.807, 2.05) is 0 Å². The number of rotatable bonds is 4. The molecule has 0 spiro atoms. The Balaban J connectivity index is 2.22. The van der Waals surface area contributed by atoms with Crippen LogP contribution in [0.4, 0.5) is 0 Å². The largest absolute Gasteiger partial charge is 0.392 e. The van der Waals surface area contributed by atoms with Crippen LogP contribution < -0.4 is 0 Å². The van der Waals surface area contributed by atoms with Gasteiger partial charge in [0.25, 0.3) is 0 Å². The topological polar surface area (TPSA) is 54.4 Å². The van der Waals surface area contributed by atoms with Gasteiger partial charge in [0.1, 0.15) is 6.29 Å². The molecule has 3 nitrogen and oxygen atoms in total. The number of aliphatic hydroxyl groups is 1. The molecule has 1 N–H and O–H groups in total. The zero-order valence-corrected chi connectivity index (χ0v) is 10.8. The number of hydrogen-bond acceptors (Lipinski definition) is 3. The molecule has 2 aliphatic carbocycles. The second-order valence-electron chi connectivity index (χ2n) is 5.78. The summed E-state index contributed by atoms with van der Waals surface area (Å²) in [5.74, 6) is 1.14. The number of fused-ring (bicyclic) bond motifs is 2. The van der Waals surface area contributed by atoms with Crippen LogP contribution in [0.1, 0.15) is 33.1 Å². The van der Waals surface area contributed by atoms with E-state index in [1.54, 1.807) is 0 Å². The number of carbonyl (C=O) groups excluding carboxylic acids is 1. The van der Waals surface area contributed by atoms with Crippen LogP contribution in [0.5, 0.6) is 0 Å². The minimum absolute atomic E-state index is 0.0605. The van der Waals surface area contributed by atoms with Gasteiger partial charge in [-0.3, -0.25) is 4.21 Å². The van der Waals surface area contributed by atoms with Crippen molar-refractivity contribution in [2.75, 3.05) is 11.5 Å². The number of aliphatic hydroxyl groups excluding tert-OH is 1. The van der Waals surface area contributed by atoms with Crippen LogP contribution >= 0.6 is 0 Å². The molecule has 0 aromatic heterocycles. The molecule has 0 aliphatic heterocycles. The van der Waals surface area contributed by atoms with Gasteiger partial charge in [-0.1, -0.05) is 13.8 Å². The predicted octanol–water partition coefficient (Wildman–Crippen LogP) is 1.12. The second kappa shape index (κ2) is 3.91. The van der Waals surface area contributed by atoms with Crippen molar-refractivity contribution in [2.24, 2.45) is 16.7 Å². The first kappa shape index (κ1) is 12.2. The van der Waals surface area contributed by atoms with Crippen LogP contribution in [0.2, 0.25) is 0 Å². The van der Waals surface area contributed by atoms with Crippen molar-refractivity contribution < 1.29 is 14.1 Å². The SMILES string of the molecule is CC1(C)[C@@H]2CC[C@@]1(C[S@@](=O)CC=O)[C@H](O)C2. The van der Waals surface area contributed by atoms with Crippen LogP contribution in [0.3, 0.4) is 0 Å². The quantitative estimate of drug-likeness (QED) is 0.754. The van der Waals surface area contributed by atoms with E-state index in [4.69, 9.17) is 0 Å². The van der Waals surface area contributed by atoms with E-state index in [-0.39, 0.29) is 22.7 Å². The van der Waals surface area contributed by atoms with Gasteiger partial charge in [0.05, 0.1) is 11.9 Å². The molecule has 2 rings (SSSR count). The Hall–Kier alpha value is -0.220. The van der Waals surface area contributed by atoms with Crippen molar-refractivity contribution in [2.45, 2.75) is 39.2 Å². The highest BCUT2D eigenvalue weighted by Crippen LogP contribution is 2.65. The van der Waals surface area contributed by atoms with E-state index in [0.717, 1.165) is 19.3 Å². The van der Waals surface area contributed by atoms with Gasteiger partial charge < -0.3 is 9.90 Å². The molecule has 4 atom stereocenters. The standard InChI is InChI=1S/C12H20O3S/c1-11(2)9-3-4-12(11,10(14)7-9)8-16(15)6-5-13/h5,9-10,14H,3-4,6-8H2,1-2H3/t9-,10-,12-,16+/m1/s1. The van der Waals surface area contributed by atoms with Crippen molar-refractivity contribution in [1.29, 1.82) is 0 Å². The van der Waals surface area contributed by atoms with Crippen molar-refractivity contribution in [3.05, 3.63) is 0 Å². The summed E-state index contributed by atoms with van der Waals surface area (Å²) in [6.07, 6.45) is 3.30. The van der Waals surface area contributed by atoms with E-state index in [0.29, 0.717) is 18.0 Å². The molecule has 0 amide bonds.